The van der Waals surface area contributed by atoms with E-state index in [1.165, 1.54) is 4.90 Å². The van der Waals surface area contributed by atoms with Crippen LogP contribution in [-0.2, 0) is 32.6 Å². The van der Waals surface area contributed by atoms with Gasteiger partial charge in [0.25, 0.3) is 0 Å². The van der Waals surface area contributed by atoms with Gasteiger partial charge < -0.3 is 10.2 Å². The molecule has 0 aliphatic rings. The second-order valence-electron chi connectivity index (χ2n) is 9.35. The maximum absolute atomic E-state index is 13.5. The van der Waals surface area contributed by atoms with E-state index in [2.05, 4.69) is 21.2 Å². The van der Waals surface area contributed by atoms with E-state index in [0.29, 0.717) is 5.69 Å². The van der Waals surface area contributed by atoms with Crippen molar-refractivity contribution >= 4 is 43.5 Å². The van der Waals surface area contributed by atoms with Crippen LogP contribution in [0.4, 0.5) is 5.69 Å². The van der Waals surface area contributed by atoms with Crippen molar-refractivity contribution in [2.24, 2.45) is 0 Å². The van der Waals surface area contributed by atoms with Crippen molar-refractivity contribution in [1.82, 2.24) is 10.2 Å². The number of anilines is 1. The van der Waals surface area contributed by atoms with Gasteiger partial charge in [0.1, 0.15) is 12.6 Å². The summed E-state index contributed by atoms with van der Waals surface area (Å²) >= 11 is 3.40. The van der Waals surface area contributed by atoms with Gasteiger partial charge in [-0.3, -0.25) is 13.9 Å². The summed E-state index contributed by atoms with van der Waals surface area (Å²) in [5, 5.41) is 2.90. The standard InChI is InChI=1S/C25H34BrN3O4S/c1-7-19-10-14-22(15-11-19)29(34(6,32)33)17-23(30)28(16-20-8-12-21(26)13-9-20)18(2)24(31)27-25(3,4)5/h8-15,18H,7,16-17H2,1-6H3,(H,27,31). The molecule has 186 valence electrons. The Balaban J connectivity index is 2.38. The van der Waals surface area contributed by atoms with E-state index in [0.717, 1.165) is 32.6 Å². The van der Waals surface area contributed by atoms with Gasteiger partial charge in [-0.1, -0.05) is 47.1 Å². The lowest BCUT2D eigenvalue weighted by Gasteiger charge is -2.33. The molecule has 2 aromatic rings. The smallest absolute Gasteiger partial charge is 0.244 e. The predicted molar refractivity (Wildman–Crippen MR) is 140 cm³/mol. The Hall–Kier alpha value is -2.39. The minimum absolute atomic E-state index is 0.164. The molecule has 0 aromatic heterocycles. The molecule has 0 heterocycles. The minimum atomic E-state index is -3.74. The fraction of sp³-hybridized carbons (Fsp3) is 0.440. The Labute approximate surface area is 211 Å². The number of hydrogen-bond donors (Lipinski definition) is 1. The third-order valence-corrected chi connectivity index (χ3v) is 6.91. The molecule has 0 fully saturated rings. The van der Waals surface area contributed by atoms with Crippen LogP contribution in [0.2, 0.25) is 0 Å². The van der Waals surface area contributed by atoms with Crippen LogP contribution in [0.1, 0.15) is 45.7 Å². The zero-order valence-corrected chi connectivity index (χ0v) is 23.0. The number of hydrogen-bond acceptors (Lipinski definition) is 4. The lowest BCUT2D eigenvalue weighted by atomic mass is 10.1. The van der Waals surface area contributed by atoms with Crippen LogP contribution >= 0.6 is 15.9 Å². The molecule has 0 saturated heterocycles. The highest BCUT2D eigenvalue weighted by Gasteiger charge is 2.31. The molecule has 0 spiro atoms. The number of amides is 2. The van der Waals surface area contributed by atoms with Gasteiger partial charge in [-0.2, -0.15) is 0 Å². The van der Waals surface area contributed by atoms with E-state index < -0.39 is 34.1 Å². The van der Waals surface area contributed by atoms with Gasteiger partial charge in [0.2, 0.25) is 21.8 Å². The zero-order chi connectivity index (χ0) is 25.7. The summed E-state index contributed by atoms with van der Waals surface area (Å²) in [7, 11) is -3.74. The maximum Gasteiger partial charge on any atom is 0.244 e. The van der Waals surface area contributed by atoms with E-state index in [1.807, 2.05) is 64.1 Å². The average Bonchev–Trinajstić information content (AvgIpc) is 2.74. The van der Waals surface area contributed by atoms with Crippen LogP contribution in [0.3, 0.4) is 0 Å². The van der Waals surface area contributed by atoms with E-state index in [4.69, 9.17) is 0 Å². The summed E-state index contributed by atoms with van der Waals surface area (Å²) in [5.41, 5.74) is 1.82. The molecule has 0 saturated carbocycles. The minimum Gasteiger partial charge on any atom is -0.350 e. The van der Waals surface area contributed by atoms with Gasteiger partial charge in [-0.05, 0) is 69.5 Å². The average molecular weight is 553 g/mol. The molecular formula is C25H34BrN3O4S. The number of aryl methyl sites for hydroxylation is 1. The number of halogens is 1. The summed E-state index contributed by atoms with van der Waals surface area (Å²) in [6.07, 6.45) is 1.89. The van der Waals surface area contributed by atoms with Crippen LogP contribution in [-0.4, -0.2) is 49.5 Å². The van der Waals surface area contributed by atoms with E-state index in [1.54, 1.807) is 19.1 Å². The van der Waals surface area contributed by atoms with Crippen LogP contribution in [0.5, 0.6) is 0 Å². The van der Waals surface area contributed by atoms with Crippen molar-refractivity contribution in [3.05, 3.63) is 64.1 Å². The highest BCUT2D eigenvalue weighted by molar-refractivity contribution is 9.10. The number of nitrogens with zero attached hydrogens (tertiary/aromatic N) is 2. The molecule has 0 bridgehead atoms. The molecule has 2 aromatic carbocycles. The Bertz CT molecular complexity index is 1090. The molecule has 2 rings (SSSR count). The molecule has 9 heteroatoms. The van der Waals surface area contributed by atoms with Gasteiger partial charge in [0.15, 0.2) is 0 Å². The number of benzene rings is 2. The fourth-order valence-corrected chi connectivity index (χ4v) is 4.47. The number of nitrogens with one attached hydrogen (secondary N) is 1. The fourth-order valence-electron chi connectivity index (χ4n) is 3.35. The van der Waals surface area contributed by atoms with Crippen molar-refractivity contribution in [3.8, 4) is 0 Å². The molecule has 1 unspecified atom stereocenters. The summed E-state index contributed by atoms with van der Waals surface area (Å²) in [4.78, 5) is 27.9. The largest absolute Gasteiger partial charge is 0.350 e. The number of carbonyl (C=O) groups excluding carboxylic acids is 2. The van der Waals surface area contributed by atoms with E-state index >= 15 is 0 Å². The summed E-state index contributed by atoms with van der Waals surface area (Å²) in [5.74, 6) is -0.777. The molecule has 34 heavy (non-hydrogen) atoms. The monoisotopic (exact) mass is 551 g/mol. The molecular weight excluding hydrogens is 518 g/mol. The van der Waals surface area contributed by atoms with Crippen LogP contribution in [0.15, 0.2) is 53.0 Å². The number of carbonyl (C=O) groups is 2. The first-order valence-electron chi connectivity index (χ1n) is 11.1. The SMILES string of the molecule is CCc1ccc(N(CC(=O)N(Cc2ccc(Br)cc2)C(C)C(=O)NC(C)(C)C)S(C)(=O)=O)cc1. The molecule has 0 aliphatic heterocycles. The molecule has 0 radical (unpaired) electrons. The Morgan fingerprint density at radius 2 is 1.53 bits per heavy atom. The lowest BCUT2D eigenvalue weighted by molar-refractivity contribution is -0.140. The molecule has 2 amide bonds. The maximum atomic E-state index is 13.5. The number of sulfonamides is 1. The lowest BCUT2D eigenvalue weighted by Crippen LogP contribution is -2.54. The van der Waals surface area contributed by atoms with Crippen LogP contribution in [0.25, 0.3) is 0 Å². The number of rotatable bonds is 9. The Kier molecular flexibility index (Phi) is 9.30. The normalized spacial score (nSPS) is 12.7. The van der Waals surface area contributed by atoms with Crippen molar-refractivity contribution in [3.63, 3.8) is 0 Å². The van der Waals surface area contributed by atoms with Crippen LogP contribution < -0.4 is 9.62 Å². The summed E-state index contributed by atoms with van der Waals surface area (Å²) < 4.78 is 27.2. The highest BCUT2D eigenvalue weighted by atomic mass is 79.9. The molecule has 1 atom stereocenters. The third-order valence-electron chi connectivity index (χ3n) is 5.24. The summed E-state index contributed by atoms with van der Waals surface area (Å²) in [6.45, 7) is 9.01. The molecule has 0 aliphatic carbocycles. The zero-order valence-electron chi connectivity index (χ0n) is 20.6. The van der Waals surface area contributed by atoms with Gasteiger partial charge in [0.05, 0.1) is 11.9 Å². The quantitative estimate of drug-likeness (QED) is 0.508. The van der Waals surface area contributed by atoms with Gasteiger partial charge in [-0.15, -0.1) is 0 Å². The third kappa shape index (κ3) is 8.13. The van der Waals surface area contributed by atoms with E-state index in [9.17, 15) is 18.0 Å². The molecule has 7 nitrogen and oxygen atoms in total. The predicted octanol–water partition coefficient (Wildman–Crippen LogP) is 4.11. The van der Waals surface area contributed by atoms with Crippen molar-refractivity contribution in [1.29, 1.82) is 0 Å². The second-order valence-corrected chi connectivity index (χ2v) is 12.2. The first-order chi connectivity index (χ1) is 15.7. The van der Waals surface area contributed by atoms with Crippen molar-refractivity contribution in [2.45, 2.75) is 59.2 Å². The highest BCUT2D eigenvalue weighted by Crippen LogP contribution is 2.21. The van der Waals surface area contributed by atoms with Gasteiger partial charge >= 0.3 is 0 Å². The van der Waals surface area contributed by atoms with Gasteiger partial charge in [-0.25, -0.2) is 8.42 Å². The Morgan fingerprint density at radius 1 is 1.00 bits per heavy atom. The second kappa shape index (κ2) is 11.4. The van der Waals surface area contributed by atoms with Crippen molar-refractivity contribution in [2.75, 3.05) is 17.1 Å². The van der Waals surface area contributed by atoms with Crippen LogP contribution in [0, 0.1) is 0 Å². The molecule has 1 N–H and O–H groups in total. The first-order valence-corrected chi connectivity index (χ1v) is 13.8. The summed E-state index contributed by atoms with van der Waals surface area (Å²) in [6, 6.07) is 13.7. The Morgan fingerprint density at radius 3 is 2.00 bits per heavy atom. The first kappa shape index (κ1) is 27.9. The topological polar surface area (TPSA) is 86.8 Å². The van der Waals surface area contributed by atoms with Gasteiger partial charge in [0, 0.05) is 16.6 Å². The van der Waals surface area contributed by atoms with E-state index in [-0.39, 0.29) is 12.5 Å². The van der Waals surface area contributed by atoms with Crippen molar-refractivity contribution < 1.29 is 18.0 Å².